The van der Waals surface area contributed by atoms with Gasteiger partial charge in [0.1, 0.15) is 0 Å². The normalized spacial score (nSPS) is 29.3. The van der Waals surface area contributed by atoms with Crippen molar-refractivity contribution in [2.75, 3.05) is 27.2 Å². The molecule has 0 aromatic carbocycles. The topological polar surface area (TPSA) is 44.4 Å². The SMILES string of the molecule is CCNC(=O)C(C)NCC1(N(C)C)CCCC(C)C1. The standard InChI is InChI=1S/C15H31N3O/c1-6-16-14(19)13(3)17-11-15(18(4)5)9-7-8-12(2)10-15/h12-13,17H,6-11H2,1-5H3,(H,16,19). The van der Waals surface area contributed by atoms with E-state index in [9.17, 15) is 4.79 Å². The maximum absolute atomic E-state index is 11.8. The number of nitrogens with one attached hydrogen (secondary N) is 2. The highest BCUT2D eigenvalue weighted by molar-refractivity contribution is 5.81. The first-order chi connectivity index (χ1) is 8.91. The lowest BCUT2D eigenvalue weighted by molar-refractivity contribution is -0.122. The third kappa shape index (κ3) is 4.46. The average Bonchev–Trinajstić information content (AvgIpc) is 2.36. The molecule has 1 aliphatic rings. The van der Waals surface area contributed by atoms with Crippen molar-refractivity contribution < 1.29 is 4.79 Å². The number of amides is 1. The maximum atomic E-state index is 11.8. The molecule has 3 atom stereocenters. The van der Waals surface area contributed by atoms with Crippen LogP contribution in [0.25, 0.3) is 0 Å². The molecule has 2 N–H and O–H groups in total. The fourth-order valence-corrected chi connectivity index (χ4v) is 3.12. The van der Waals surface area contributed by atoms with Gasteiger partial charge in [0, 0.05) is 18.6 Å². The third-order valence-corrected chi connectivity index (χ3v) is 4.50. The average molecular weight is 269 g/mol. The molecule has 3 unspecified atom stereocenters. The van der Waals surface area contributed by atoms with Gasteiger partial charge < -0.3 is 15.5 Å². The summed E-state index contributed by atoms with van der Waals surface area (Å²) in [5, 5.41) is 6.29. The van der Waals surface area contributed by atoms with Gasteiger partial charge in [0.2, 0.25) is 5.91 Å². The number of likely N-dealkylation sites (N-methyl/N-ethyl adjacent to an activating group) is 2. The Morgan fingerprint density at radius 2 is 2.16 bits per heavy atom. The van der Waals surface area contributed by atoms with Gasteiger partial charge in [-0.15, -0.1) is 0 Å². The molecule has 0 bridgehead atoms. The highest BCUT2D eigenvalue weighted by Crippen LogP contribution is 2.35. The Morgan fingerprint density at radius 1 is 1.47 bits per heavy atom. The molecule has 0 aliphatic heterocycles. The minimum atomic E-state index is -0.117. The van der Waals surface area contributed by atoms with Gasteiger partial charge in [0.15, 0.2) is 0 Å². The summed E-state index contributed by atoms with van der Waals surface area (Å²) in [7, 11) is 4.33. The highest BCUT2D eigenvalue weighted by Gasteiger charge is 2.37. The molecule has 0 aromatic rings. The van der Waals surface area contributed by atoms with Crippen LogP contribution in [0.2, 0.25) is 0 Å². The summed E-state index contributed by atoms with van der Waals surface area (Å²) in [5.74, 6) is 0.873. The van der Waals surface area contributed by atoms with Gasteiger partial charge in [0.25, 0.3) is 0 Å². The van der Waals surface area contributed by atoms with Crippen molar-refractivity contribution in [3.05, 3.63) is 0 Å². The molecule has 1 amide bonds. The van der Waals surface area contributed by atoms with E-state index in [-0.39, 0.29) is 17.5 Å². The van der Waals surface area contributed by atoms with Crippen LogP contribution >= 0.6 is 0 Å². The number of carbonyl (C=O) groups excluding carboxylic acids is 1. The molecule has 4 nitrogen and oxygen atoms in total. The largest absolute Gasteiger partial charge is 0.355 e. The van der Waals surface area contributed by atoms with Crippen molar-refractivity contribution in [2.45, 2.75) is 58.0 Å². The van der Waals surface area contributed by atoms with Crippen LogP contribution < -0.4 is 10.6 Å². The van der Waals surface area contributed by atoms with Crippen LogP contribution in [0.1, 0.15) is 46.5 Å². The van der Waals surface area contributed by atoms with Crippen LogP contribution in [-0.2, 0) is 4.79 Å². The van der Waals surface area contributed by atoms with E-state index in [0.717, 1.165) is 12.5 Å². The number of rotatable bonds is 6. The lowest BCUT2D eigenvalue weighted by Gasteiger charge is -2.46. The quantitative estimate of drug-likeness (QED) is 0.770. The number of carbonyl (C=O) groups is 1. The molecule has 0 heterocycles. The van der Waals surface area contributed by atoms with Crippen LogP contribution in [-0.4, -0.2) is 49.6 Å². The fourth-order valence-electron chi connectivity index (χ4n) is 3.12. The molecular weight excluding hydrogens is 238 g/mol. The lowest BCUT2D eigenvalue weighted by Crippen LogP contribution is -2.57. The van der Waals surface area contributed by atoms with Crippen LogP contribution in [0.3, 0.4) is 0 Å². The molecule has 0 aromatic heterocycles. The molecule has 1 fully saturated rings. The minimum absolute atomic E-state index is 0.0975. The van der Waals surface area contributed by atoms with Gasteiger partial charge in [-0.05, 0) is 46.7 Å². The van der Waals surface area contributed by atoms with Gasteiger partial charge >= 0.3 is 0 Å². The predicted octanol–water partition coefficient (Wildman–Crippen LogP) is 1.61. The highest BCUT2D eigenvalue weighted by atomic mass is 16.2. The number of hydrogen-bond acceptors (Lipinski definition) is 3. The molecule has 4 heteroatoms. The van der Waals surface area contributed by atoms with E-state index < -0.39 is 0 Å². The Labute approximate surface area is 118 Å². The van der Waals surface area contributed by atoms with Crippen molar-refractivity contribution >= 4 is 5.91 Å². The smallest absolute Gasteiger partial charge is 0.236 e. The second-order valence-electron chi connectivity index (χ2n) is 6.32. The van der Waals surface area contributed by atoms with E-state index in [4.69, 9.17) is 0 Å². The molecule has 19 heavy (non-hydrogen) atoms. The van der Waals surface area contributed by atoms with Gasteiger partial charge in [0.05, 0.1) is 6.04 Å². The maximum Gasteiger partial charge on any atom is 0.236 e. The second-order valence-corrected chi connectivity index (χ2v) is 6.32. The molecule has 1 rings (SSSR count). The van der Waals surface area contributed by atoms with Crippen molar-refractivity contribution in [3.8, 4) is 0 Å². The zero-order valence-corrected chi connectivity index (χ0v) is 13.3. The van der Waals surface area contributed by atoms with Crippen LogP contribution in [0.15, 0.2) is 0 Å². The van der Waals surface area contributed by atoms with Crippen LogP contribution in [0.5, 0.6) is 0 Å². The second kappa shape index (κ2) is 7.25. The molecule has 0 saturated heterocycles. The summed E-state index contributed by atoms with van der Waals surface area (Å²) in [6.45, 7) is 7.82. The Bertz CT molecular complexity index is 293. The summed E-state index contributed by atoms with van der Waals surface area (Å²) in [5.41, 5.74) is 0.207. The van der Waals surface area contributed by atoms with E-state index in [0.29, 0.717) is 6.54 Å². The van der Waals surface area contributed by atoms with Crippen molar-refractivity contribution in [1.29, 1.82) is 0 Å². The summed E-state index contributed by atoms with van der Waals surface area (Å²) < 4.78 is 0. The number of hydrogen-bond donors (Lipinski definition) is 2. The van der Waals surface area contributed by atoms with Gasteiger partial charge in [-0.3, -0.25) is 4.79 Å². The van der Waals surface area contributed by atoms with E-state index in [1.165, 1.54) is 25.7 Å². The summed E-state index contributed by atoms with van der Waals surface area (Å²) in [6.07, 6.45) is 5.06. The third-order valence-electron chi connectivity index (χ3n) is 4.50. The van der Waals surface area contributed by atoms with E-state index in [2.05, 4.69) is 36.6 Å². The Balaban J connectivity index is 2.57. The summed E-state index contributed by atoms with van der Waals surface area (Å²) in [4.78, 5) is 14.1. The van der Waals surface area contributed by atoms with Crippen LogP contribution in [0, 0.1) is 5.92 Å². The van der Waals surface area contributed by atoms with Crippen LogP contribution in [0.4, 0.5) is 0 Å². The van der Waals surface area contributed by atoms with Gasteiger partial charge in [-0.2, -0.15) is 0 Å². The van der Waals surface area contributed by atoms with Crippen molar-refractivity contribution in [1.82, 2.24) is 15.5 Å². The van der Waals surface area contributed by atoms with E-state index in [1.54, 1.807) is 0 Å². The zero-order valence-electron chi connectivity index (χ0n) is 13.3. The molecule has 1 aliphatic carbocycles. The minimum Gasteiger partial charge on any atom is -0.355 e. The zero-order chi connectivity index (χ0) is 14.5. The molecular formula is C15H31N3O. The number of nitrogens with zero attached hydrogens (tertiary/aromatic N) is 1. The van der Waals surface area contributed by atoms with Crippen molar-refractivity contribution in [2.24, 2.45) is 5.92 Å². The first kappa shape index (κ1) is 16.4. The Kier molecular flexibility index (Phi) is 6.27. The van der Waals surface area contributed by atoms with E-state index in [1.807, 2.05) is 13.8 Å². The molecule has 0 spiro atoms. The lowest BCUT2D eigenvalue weighted by atomic mass is 9.75. The van der Waals surface area contributed by atoms with Crippen molar-refractivity contribution in [3.63, 3.8) is 0 Å². The van der Waals surface area contributed by atoms with Gasteiger partial charge in [-0.1, -0.05) is 19.8 Å². The predicted molar refractivity (Wildman–Crippen MR) is 80.2 cm³/mol. The fraction of sp³-hybridized carbons (Fsp3) is 0.933. The van der Waals surface area contributed by atoms with Gasteiger partial charge in [-0.25, -0.2) is 0 Å². The summed E-state index contributed by atoms with van der Waals surface area (Å²) in [6, 6.07) is -0.117. The first-order valence-corrected chi connectivity index (χ1v) is 7.60. The first-order valence-electron chi connectivity index (χ1n) is 7.60. The summed E-state index contributed by atoms with van der Waals surface area (Å²) >= 11 is 0. The monoisotopic (exact) mass is 269 g/mol. The Hall–Kier alpha value is -0.610. The molecule has 112 valence electrons. The Morgan fingerprint density at radius 3 is 2.68 bits per heavy atom. The molecule has 1 saturated carbocycles. The molecule has 0 radical (unpaired) electrons. The van der Waals surface area contributed by atoms with E-state index >= 15 is 0 Å².